The monoisotopic (exact) mass is 190 g/mol. The van der Waals surface area contributed by atoms with E-state index in [-0.39, 0.29) is 0 Å². The number of aliphatic imine (C=N–C) groups is 1. The number of nitrogens with one attached hydrogen (secondary N) is 1. The van der Waals surface area contributed by atoms with Crippen LogP contribution in [-0.2, 0) is 0 Å². The van der Waals surface area contributed by atoms with Crippen molar-refractivity contribution in [1.82, 2.24) is 9.97 Å². The Labute approximate surface area is 83.8 Å². The van der Waals surface area contributed by atoms with Gasteiger partial charge in [0, 0.05) is 11.3 Å². The Morgan fingerprint density at radius 2 is 1.93 bits per heavy atom. The Kier molecular flexibility index (Phi) is 2.96. The highest BCUT2D eigenvalue weighted by Gasteiger charge is 2.05. The lowest BCUT2D eigenvalue weighted by Crippen LogP contribution is -2.05. The van der Waals surface area contributed by atoms with E-state index >= 15 is 0 Å². The first-order valence-electron chi connectivity index (χ1n) is 4.29. The van der Waals surface area contributed by atoms with E-state index in [0.717, 1.165) is 22.9 Å². The minimum absolute atomic E-state index is 0.491. The molecule has 1 rings (SSSR count). The van der Waals surface area contributed by atoms with Crippen molar-refractivity contribution in [2.45, 2.75) is 20.8 Å². The molecule has 0 spiro atoms. The van der Waals surface area contributed by atoms with Gasteiger partial charge in [0.1, 0.15) is 17.5 Å². The summed E-state index contributed by atoms with van der Waals surface area (Å²) < 4.78 is 0. The van der Waals surface area contributed by atoms with Gasteiger partial charge in [-0.1, -0.05) is 6.58 Å². The molecule has 0 aliphatic carbocycles. The molecule has 74 valence electrons. The van der Waals surface area contributed by atoms with Gasteiger partial charge in [0.15, 0.2) is 0 Å². The van der Waals surface area contributed by atoms with Gasteiger partial charge in [-0.15, -0.1) is 0 Å². The average Bonchev–Trinajstić information content (AvgIpc) is 2.13. The Bertz CT molecular complexity index is 382. The second-order valence-electron chi connectivity index (χ2n) is 3.06. The number of nitrogens with zero attached hydrogens (tertiary/aromatic N) is 3. The number of aryl methyl sites for hydroxylation is 2. The van der Waals surface area contributed by atoms with E-state index in [1.165, 1.54) is 0 Å². The van der Waals surface area contributed by atoms with E-state index < -0.39 is 0 Å². The molecule has 0 aliphatic rings. The van der Waals surface area contributed by atoms with Crippen LogP contribution >= 0.6 is 0 Å². The number of hydrogen-bond donors (Lipinski definition) is 1. The highest BCUT2D eigenvalue weighted by Crippen LogP contribution is 2.15. The summed E-state index contributed by atoms with van der Waals surface area (Å²) in [5.41, 5.74) is 1.96. The summed E-state index contributed by atoms with van der Waals surface area (Å²) in [6, 6.07) is 0. The first-order valence-corrected chi connectivity index (χ1v) is 4.29. The molecule has 0 radical (unpaired) electrons. The Hall–Kier alpha value is -1.71. The van der Waals surface area contributed by atoms with Gasteiger partial charge in [0.2, 0.25) is 0 Å². The van der Waals surface area contributed by atoms with Crippen LogP contribution in [0.25, 0.3) is 0 Å². The zero-order chi connectivity index (χ0) is 10.7. The Balaban J connectivity index is 3.07. The van der Waals surface area contributed by atoms with Gasteiger partial charge >= 0.3 is 0 Å². The summed E-state index contributed by atoms with van der Waals surface area (Å²) in [4.78, 5) is 12.2. The highest BCUT2D eigenvalue weighted by atomic mass is 15.1. The van der Waals surface area contributed by atoms with Gasteiger partial charge in [-0.2, -0.15) is 0 Å². The fourth-order valence-corrected chi connectivity index (χ4v) is 1.07. The van der Waals surface area contributed by atoms with Crippen molar-refractivity contribution in [3.8, 4) is 0 Å². The SMILES string of the molecule is C=NC(=C)Nc1nc(C)nc(C)c1C. The summed E-state index contributed by atoms with van der Waals surface area (Å²) in [6.45, 7) is 12.8. The molecular weight excluding hydrogens is 176 g/mol. The average molecular weight is 190 g/mol. The number of hydrogen-bond acceptors (Lipinski definition) is 4. The van der Waals surface area contributed by atoms with E-state index in [9.17, 15) is 0 Å². The van der Waals surface area contributed by atoms with Crippen LogP contribution in [0.3, 0.4) is 0 Å². The summed E-state index contributed by atoms with van der Waals surface area (Å²) >= 11 is 0. The van der Waals surface area contributed by atoms with Crippen molar-refractivity contribution >= 4 is 12.5 Å². The molecule has 0 amide bonds. The molecule has 4 heteroatoms. The molecule has 4 nitrogen and oxygen atoms in total. The Morgan fingerprint density at radius 3 is 2.50 bits per heavy atom. The van der Waals surface area contributed by atoms with Crippen LogP contribution in [0.4, 0.5) is 5.82 Å². The normalized spacial score (nSPS) is 9.64. The molecular formula is C10H14N4. The molecule has 1 aromatic rings. The molecule has 0 saturated carbocycles. The maximum atomic E-state index is 4.25. The largest absolute Gasteiger partial charge is 0.325 e. The van der Waals surface area contributed by atoms with Gasteiger partial charge < -0.3 is 5.32 Å². The lowest BCUT2D eigenvalue weighted by Gasteiger charge is -2.09. The Morgan fingerprint density at radius 1 is 1.29 bits per heavy atom. The number of anilines is 1. The van der Waals surface area contributed by atoms with E-state index in [1.54, 1.807) is 0 Å². The standard InChI is InChI=1S/C10H14N4/c1-6-7(2)12-9(4)14-10(6)13-8(3)11-5/h3,5H2,1-2,4H3,(H,12,13,14). The van der Waals surface area contributed by atoms with Gasteiger partial charge in [-0.25, -0.2) is 15.0 Å². The van der Waals surface area contributed by atoms with E-state index in [2.05, 4.69) is 33.6 Å². The van der Waals surface area contributed by atoms with Gasteiger partial charge in [0.25, 0.3) is 0 Å². The first-order chi connectivity index (χ1) is 6.54. The predicted molar refractivity (Wildman–Crippen MR) is 58.6 cm³/mol. The molecule has 0 aromatic carbocycles. The van der Waals surface area contributed by atoms with Crippen LogP contribution in [-0.4, -0.2) is 16.7 Å². The maximum absolute atomic E-state index is 4.25. The van der Waals surface area contributed by atoms with Crippen LogP contribution in [0.2, 0.25) is 0 Å². The zero-order valence-electron chi connectivity index (χ0n) is 8.76. The fraction of sp³-hybridized carbons (Fsp3) is 0.300. The molecule has 0 fully saturated rings. The van der Waals surface area contributed by atoms with Crippen LogP contribution < -0.4 is 5.32 Å². The molecule has 0 saturated heterocycles. The zero-order valence-corrected chi connectivity index (χ0v) is 8.76. The van der Waals surface area contributed by atoms with E-state index in [4.69, 9.17) is 0 Å². The van der Waals surface area contributed by atoms with Crippen LogP contribution in [0.5, 0.6) is 0 Å². The third-order valence-electron chi connectivity index (χ3n) is 1.95. The van der Waals surface area contributed by atoms with Crippen LogP contribution in [0.1, 0.15) is 17.1 Å². The lowest BCUT2D eigenvalue weighted by molar-refractivity contribution is 0.986. The maximum Gasteiger partial charge on any atom is 0.138 e. The van der Waals surface area contributed by atoms with Crippen molar-refractivity contribution in [2.24, 2.45) is 4.99 Å². The van der Waals surface area contributed by atoms with Crippen molar-refractivity contribution in [3.05, 3.63) is 29.5 Å². The molecule has 0 bridgehead atoms. The van der Waals surface area contributed by atoms with Crippen molar-refractivity contribution in [1.29, 1.82) is 0 Å². The summed E-state index contributed by atoms with van der Waals surface area (Å²) in [7, 11) is 0. The second-order valence-corrected chi connectivity index (χ2v) is 3.06. The fourth-order valence-electron chi connectivity index (χ4n) is 1.07. The van der Waals surface area contributed by atoms with E-state index in [1.807, 2.05) is 20.8 Å². The molecule has 0 unspecified atom stereocenters. The van der Waals surface area contributed by atoms with Crippen molar-refractivity contribution in [3.63, 3.8) is 0 Å². The highest BCUT2D eigenvalue weighted by molar-refractivity contribution is 5.50. The smallest absolute Gasteiger partial charge is 0.138 e. The third kappa shape index (κ3) is 2.16. The van der Waals surface area contributed by atoms with Gasteiger partial charge in [-0.3, -0.25) is 0 Å². The molecule has 1 N–H and O–H groups in total. The minimum atomic E-state index is 0.491. The predicted octanol–water partition coefficient (Wildman–Crippen LogP) is 1.99. The number of aromatic nitrogens is 2. The summed E-state index contributed by atoms with van der Waals surface area (Å²) in [5, 5.41) is 2.97. The number of rotatable bonds is 3. The van der Waals surface area contributed by atoms with Crippen LogP contribution in [0.15, 0.2) is 17.4 Å². The minimum Gasteiger partial charge on any atom is -0.325 e. The van der Waals surface area contributed by atoms with E-state index in [0.29, 0.717) is 5.82 Å². The third-order valence-corrected chi connectivity index (χ3v) is 1.95. The lowest BCUT2D eigenvalue weighted by atomic mass is 10.2. The molecule has 1 aromatic heterocycles. The van der Waals surface area contributed by atoms with Crippen molar-refractivity contribution < 1.29 is 0 Å². The summed E-state index contributed by atoms with van der Waals surface area (Å²) in [6.07, 6.45) is 0. The van der Waals surface area contributed by atoms with Crippen LogP contribution in [0, 0.1) is 20.8 Å². The molecule has 0 atom stereocenters. The molecule has 14 heavy (non-hydrogen) atoms. The molecule has 0 aliphatic heterocycles. The van der Waals surface area contributed by atoms with Gasteiger partial charge in [-0.05, 0) is 27.5 Å². The van der Waals surface area contributed by atoms with Crippen molar-refractivity contribution in [2.75, 3.05) is 5.32 Å². The second kappa shape index (κ2) is 4.00. The first kappa shape index (κ1) is 10.4. The topological polar surface area (TPSA) is 50.2 Å². The quantitative estimate of drug-likeness (QED) is 0.741. The van der Waals surface area contributed by atoms with Gasteiger partial charge in [0.05, 0.1) is 0 Å². The summed E-state index contributed by atoms with van der Waals surface area (Å²) in [5.74, 6) is 1.96. The molecule has 1 heterocycles.